The van der Waals surface area contributed by atoms with Crippen molar-refractivity contribution in [2.24, 2.45) is 44.6 Å². The number of nitrogens with one attached hydrogen (secondary N) is 4. The minimum Gasteiger partial charge on any atom is -0.480 e. The molecular formula is C28H45N11O5. The number of amides is 3. The molecule has 16 heteroatoms. The van der Waals surface area contributed by atoms with Crippen LogP contribution in [0.3, 0.4) is 0 Å². The van der Waals surface area contributed by atoms with Gasteiger partial charge in [0, 0.05) is 30.2 Å². The lowest BCUT2D eigenvalue weighted by Gasteiger charge is -2.27. The van der Waals surface area contributed by atoms with Crippen LogP contribution in [0.5, 0.6) is 0 Å². The molecule has 0 spiro atoms. The maximum Gasteiger partial charge on any atom is 0.326 e. The molecule has 4 atom stereocenters. The van der Waals surface area contributed by atoms with E-state index in [1.165, 1.54) is 0 Å². The van der Waals surface area contributed by atoms with Crippen LogP contribution >= 0.6 is 0 Å². The number of aliphatic imine (C=N–C) groups is 2. The maximum atomic E-state index is 13.4. The van der Waals surface area contributed by atoms with Crippen LogP contribution in [0.4, 0.5) is 0 Å². The number of aromatic amines is 1. The SMILES string of the molecule is CC(C)C(NC(=O)C(N)Cc1c[nH]c2ccccc12)C(=O)NC(CCCN=C(N)N)C(=O)NC(CCCN=C(N)N)C(=O)O. The van der Waals surface area contributed by atoms with Gasteiger partial charge in [0.25, 0.3) is 0 Å². The third-order valence-corrected chi connectivity index (χ3v) is 6.84. The van der Waals surface area contributed by atoms with Crippen LogP contribution in [0.25, 0.3) is 10.9 Å². The fourth-order valence-electron chi connectivity index (χ4n) is 4.49. The molecule has 4 unspecified atom stereocenters. The van der Waals surface area contributed by atoms with Gasteiger partial charge in [-0.15, -0.1) is 0 Å². The Morgan fingerprint density at radius 3 is 1.98 bits per heavy atom. The van der Waals surface area contributed by atoms with E-state index in [0.29, 0.717) is 6.42 Å². The van der Waals surface area contributed by atoms with Crippen LogP contribution in [0.2, 0.25) is 0 Å². The zero-order chi connectivity index (χ0) is 32.8. The first-order chi connectivity index (χ1) is 20.8. The zero-order valence-corrected chi connectivity index (χ0v) is 25.1. The van der Waals surface area contributed by atoms with E-state index in [2.05, 4.69) is 30.9 Å². The van der Waals surface area contributed by atoms with Crippen molar-refractivity contribution in [3.8, 4) is 0 Å². The van der Waals surface area contributed by atoms with E-state index in [-0.39, 0.29) is 56.6 Å². The van der Waals surface area contributed by atoms with Gasteiger partial charge in [-0.2, -0.15) is 0 Å². The van der Waals surface area contributed by atoms with Crippen molar-refractivity contribution in [3.63, 3.8) is 0 Å². The van der Waals surface area contributed by atoms with Crippen molar-refractivity contribution in [1.82, 2.24) is 20.9 Å². The van der Waals surface area contributed by atoms with E-state index in [1.54, 1.807) is 20.0 Å². The predicted octanol–water partition coefficient (Wildman–Crippen LogP) is -1.66. The fraction of sp³-hybridized carbons (Fsp3) is 0.500. The van der Waals surface area contributed by atoms with Crippen LogP contribution < -0.4 is 44.6 Å². The number of aromatic nitrogens is 1. The van der Waals surface area contributed by atoms with Gasteiger partial charge in [-0.25, -0.2) is 4.79 Å². The van der Waals surface area contributed by atoms with Crippen molar-refractivity contribution in [2.45, 2.75) is 70.1 Å². The minimum atomic E-state index is -1.26. The molecule has 3 amide bonds. The largest absolute Gasteiger partial charge is 0.480 e. The summed E-state index contributed by atoms with van der Waals surface area (Å²) in [6, 6.07) is 3.25. The molecule has 0 fully saturated rings. The van der Waals surface area contributed by atoms with Crippen LogP contribution in [-0.2, 0) is 25.6 Å². The molecule has 15 N–H and O–H groups in total. The van der Waals surface area contributed by atoms with E-state index in [9.17, 15) is 24.3 Å². The summed E-state index contributed by atoms with van der Waals surface area (Å²) in [6.45, 7) is 3.83. The number of rotatable bonds is 18. The summed E-state index contributed by atoms with van der Waals surface area (Å²) in [4.78, 5) is 62.4. The second-order valence-corrected chi connectivity index (χ2v) is 10.8. The van der Waals surface area contributed by atoms with E-state index in [0.717, 1.165) is 16.5 Å². The van der Waals surface area contributed by atoms with Gasteiger partial charge in [0.05, 0.1) is 6.04 Å². The smallest absolute Gasteiger partial charge is 0.326 e. The predicted molar refractivity (Wildman–Crippen MR) is 168 cm³/mol. The normalized spacial score (nSPS) is 13.7. The Kier molecular flexibility index (Phi) is 13.9. The number of hydrogen-bond donors (Lipinski definition) is 10. The zero-order valence-electron chi connectivity index (χ0n) is 25.1. The summed E-state index contributed by atoms with van der Waals surface area (Å²) < 4.78 is 0. The average Bonchev–Trinajstić information content (AvgIpc) is 3.36. The number of carboxylic acids is 1. The standard InChI is InChI=1S/C28H45N11O5/c1-15(2)22(39-23(40)18(29)13-16-14-36-19-8-4-3-7-17(16)19)25(42)37-20(9-5-11-34-27(30)31)24(41)38-21(26(43)44)10-6-12-35-28(32)33/h3-4,7-8,14-15,18,20-22,36H,5-6,9-13,29H2,1-2H3,(H,37,42)(H,38,41)(H,39,40)(H,43,44)(H4,30,31,34)(H4,32,33,35). The lowest BCUT2D eigenvalue weighted by molar-refractivity contribution is -0.142. The maximum absolute atomic E-state index is 13.4. The van der Waals surface area contributed by atoms with Gasteiger partial charge in [-0.1, -0.05) is 32.0 Å². The molecule has 1 aromatic heterocycles. The number of carbonyl (C=O) groups excluding carboxylic acids is 3. The first-order valence-corrected chi connectivity index (χ1v) is 14.3. The van der Waals surface area contributed by atoms with Crippen LogP contribution in [0, 0.1) is 5.92 Å². The van der Waals surface area contributed by atoms with Crippen molar-refractivity contribution < 1.29 is 24.3 Å². The highest BCUT2D eigenvalue weighted by Gasteiger charge is 2.31. The highest BCUT2D eigenvalue weighted by molar-refractivity contribution is 5.94. The number of guanidine groups is 2. The summed E-state index contributed by atoms with van der Waals surface area (Å²) in [6.07, 6.45) is 2.75. The van der Waals surface area contributed by atoms with Gasteiger partial charge in [-0.3, -0.25) is 24.4 Å². The number of aliphatic carboxylic acids is 1. The van der Waals surface area contributed by atoms with Crippen LogP contribution in [0.15, 0.2) is 40.4 Å². The number of benzene rings is 1. The van der Waals surface area contributed by atoms with E-state index >= 15 is 0 Å². The number of para-hydroxylation sites is 1. The second-order valence-electron chi connectivity index (χ2n) is 10.8. The monoisotopic (exact) mass is 615 g/mol. The van der Waals surface area contributed by atoms with E-state index in [1.807, 2.05) is 24.3 Å². The van der Waals surface area contributed by atoms with Crippen LogP contribution in [0.1, 0.15) is 45.1 Å². The molecule has 0 aliphatic carbocycles. The molecule has 44 heavy (non-hydrogen) atoms. The highest BCUT2D eigenvalue weighted by Crippen LogP contribution is 2.19. The molecule has 242 valence electrons. The fourth-order valence-corrected chi connectivity index (χ4v) is 4.49. The topological polar surface area (TPSA) is 295 Å². The van der Waals surface area contributed by atoms with Crippen molar-refractivity contribution in [2.75, 3.05) is 13.1 Å². The molecule has 1 heterocycles. The molecule has 0 saturated carbocycles. The Balaban J connectivity index is 2.12. The first kappa shape index (κ1) is 35.3. The lowest BCUT2D eigenvalue weighted by atomic mass is 10.00. The highest BCUT2D eigenvalue weighted by atomic mass is 16.4. The third-order valence-electron chi connectivity index (χ3n) is 6.84. The first-order valence-electron chi connectivity index (χ1n) is 14.3. The van der Waals surface area contributed by atoms with Crippen molar-refractivity contribution in [3.05, 3.63) is 36.0 Å². The number of carbonyl (C=O) groups is 4. The van der Waals surface area contributed by atoms with E-state index < -0.39 is 47.9 Å². The van der Waals surface area contributed by atoms with Crippen molar-refractivity contribution in [1.29, 1.82) is 0 Å². The molecule has 16 nitrogen and oxygen atoms in total. The Labute approximate surface area is 255 Å². The van der Waals surface area contributed by atoms with Crippen LogP contribution in [-0.4, -0.2) is 83.0 Å². The molecule has 2 rings (SSSR count). The van der Waals surface area contributed by atoms with Gasteiger partial charge >= 0.3 is 5.97 Å². The van der Waals surface area contributed by atoms with Gasteiger partial charge in [-0.05, 0) is 49.7 Å². The molecule has 1 aromatic carbocycles. The van der Waals surface area contributed by atoms with Gasteiger partial charge in [0.1, 0.15) is 18.1 Å². The Bertz CT molecular complexity index is 1330. The Morgan fingerprint density at radius 1 is 0.841 bits per heavy atom. The molecule has 0 radical (unpaired) electrons. The van der Waals surface area contributed by atoms with Gasteiger partial charge < -0.3 is 54.7 Å². The molecule has 0 bridgehead atoms. The summed E-state index contributed by atoms with van der Waals surface area (Å²) in [5.74, 6) is -3.78. The molecule has 0 aliphatic heterocycles. The number of fused-ring (bicyclic) bond motifs is 1. The van der Waals surface area contributed by atoms with Gasteiger partial charge in [0.15, 0.2) is 11.9 Å². The number of H-pyrrole nitrogens is 1. The summed E-state index contributed by atoms with van der Waals surface area (Å²) in [5, 5.41) is 18.4. The summed E-state index contributed by atoms with van der Waals surface area (Å²) in [7, 11) is 0. The second kappa shape index (κ2) is 17.3. The number of nitrogens with zero attached hydrogens (tertiary/aromatic N) is 2. The Hall–Kier alpha value is -4.86. The summed E-state index contributed by atoms with van der Waals surface area (Å²) >= 11 is 0. The number of hydrogen-bond acceptors (Lipinski definition) is 7. The minimum absolute atomic E-state index is 0.0471. The van der Waals surface area contributed by atoms with Gasteiger partial charge in [0.2, 0.25) is 17.7 Å². The van der Waals surface area contributed by atoms with E-state index in [4.69, 9.17) is 28.7 Å². The Morgan fingerprint density at radius 2 is 1.41 bits per heavy atom. The number of nitrogens with two attached hydrogens (primary N) is 5. The lowest BCUT2D eigenvalue weighted by Crippen LogP contribution is -2.58. The average molecular weight is 616 g/mol. The molecule has 2 aromatic rings. The third kappa shape index (κ3) is 11.4. The molecular weight excluding hydrogens is 570 g/mol. The number of carboxylic acid groups (broad SMARTS) is 1. The molecule has 0 aliphatic rings. The summed E-state index contributed by atoms with van der Waals surface area (Å²) in [5.41, 5.74) is 29.3. The molecule has 0 saturated heterocycles. The van der Waals surface area contributed by atoms with Crippen molar-refractivity contribution >= 4 is 46.5 Å². The quantitative estimate of drug-likeness (QED) is 0.0517.